The van der Waals surface area contributed by atoms with Crippen molar-refractivity contribution in [1.82, 2.24) is 0 Å². The summed E-state index contributed by atoms with van der Waals surface area (Å²) in [7, 11) is 0. The summed E-state index contributed by atoms with van der Waals surface area (Å²) < 4.78 is 0. The third-order valence-electron chi connectivity index (χ3n) is 5.24. The molecule has 0 aromatic heterocycles. The lowest BCUT2D eigenvalue weighted by molar-refractivity contribution is -0.104. The Labute approximate surface area is 105 Å². The highest BCUT2D eigenvalue weighted by atomic mass is 16.1. The summed E-state index contributed by atoms with van der Waals surface area (Å²) in [4.78, 5) is 10.4. The molecule has 0 spiro atoms. The van der Waals surface area contributed by atoms with Crippen molar-refractivity contribution in [2.45, 2.75) is 46.0 Å². The predicted octanol–water partition coefficient (Wildman–Crippen LogP) is 4.15. The van der Waals surface area contributed by atoms with Crippen molar-refractivity contribution in [2.75, 3.05) is 0 Å². The largest absolute Gasteiger partial charge is 0.299 e. The molecule has 0 aromatic rings. The van der Waals surface area contributed by atoms with Gasteiger partial charge in [0, 0.05) is 0 Å². The third kappa shape index (κ3) is 2.12. The van der Waals surface area contributed by atoms with E-state index in [0.29, 0.717) is 11.3 Å². The number of carbonyl (C=O) groups excluding carboxylic acids is 1. The van der Waals surface area contributed by atoms with Gasteiger partial charge in [-0.25, -0.2) is 0 Å². The van der Waals surface area contributed by atoms with E-state index in [1.165, 1.54) is 37.7 Å². The van der Waals surface area contributed by atoms with Crippen molar-refractivity contribution in [3.63, 3.8) is 0 Å². The maximum atomic E-state index is 10.4. The van der Waals surface area contributed by atoms with E-state index in [4.69, 9.17) is 0 Å². The Morgan fingerprint density at radius 2 is 2.24 bits per heavy atom. The lowest BCUT2D eigenvalue weighted by Gasteiger charge is -2.43. The summed E-state index contributed by atoms with van der Waals surface area (Å²) in [6.45, 7) is 8.99. The molecule has 2 aliphatic rings. The Balaban J connectivity index is 2.17. The van der Waals surface area contributed by atoms with Crippen LogP contribution in [0.4, 0.5) is 0 Å². The van der Waals surface area contributed by atoms with E-state index >= 15 is 0 Å². The summed E-state index contributed by atoms with van der Waals surface area (Å²) >= 11 is 0. The first-order valence-corrected chi connectivity index (χ1v) is 6.89. The SMILES string of the molecule is C=C1CCC[C@]2(C)[C@@H]([C@H](C)/C=C/C=O)CC[C@@H]12. The van der Waals surface area contributed by atoms with Crippen LogP contribution in [0.15, 0.2) is 24.3 Å². The molecule has 0 unspecified atom stereocenters. The number of carbonyl (C=O) groups is 1. The molecule has 0 N–H and O–H groups in total. The molecule has 0 aromatic carbocycles. The van der Waals surface area contributed by atoms with Crippen molar-refractivity contribution in [3.05, 3.63) is 24.3 Å². The minimum atomic E-state index is 0.433. The maximum absolute atomic E-state index is 10.4. The van der Waals surface area contributed by atoms with E-state index in [0.717, 1.165) is 18.1 Å². The molecular formula is C16H24O. The van der Waals surface area contributed by atoms with Crippen LogP contribution in [-0.2, 0) is 4.79 Å². The highest BCUT2D eigenvalue weighted by Gasteiger charge is 2.49. The Morgan fingerprint density at radius 1 is 1.47 bits per heavy atom. The molecule has 2 saturated carbocycles. The van der Waals surface area contributed by atoms with E-state index < -0.39 is 0 Å². The Hall–Kier alpha value is -0.850. The molecule has 0 aliphatic heterocycles. The lowest BCUT2D eigenvalue weighted by atomic mass is 9.61. The van der Waals surface area contributed by atoms with Crippen LogP contribution in [0.1, 0.15) is 46.0 Å². The van der Waals surface area contributed by atoms with Crippen molar-refractivity contribution >= 4 is 6.29 Å². The first-order valence-electron chi connectivity index (χ1n) is 6.89. The molecule has 1 nitrogen and oxygen atoms in total. The highest BCUT2D eigenvalue weighted by molar-refractivity contribution is 5.64. The summed E-state index contributed by atoms with van der Waals surface area (Å²) in [6, 6.07) is 0. The fraction of sp³-hybridized carbons (Fsp3) is 0.688. The molecule has 4 atom stereocenters. The lowest BCUT2D eigenvalue weighted by Crippen LogP contribution is -2.35. The third-order valence-corrected chi connectivity index (χ3v) is 5.24. The fourth-order valence-electron chi connectivity index (χ4n) is 4.38. The topological polar surface area (TPSA) is 17.1 Å². The van der Waals surface area contributed by atoms with Gasteiger partial charge in [0.25, 0.3) is 0 Å². The van der Waals surface area contributed by atoms with E-state index in [9.17, 15) is 4.79 Å². The monoisotopic (exact) mass is 232 g/mol. The van der Waals surface area contributed by atoms with Crippen molar-refractivity contribution in [3.8, 4) is 0 Å². The van der Waals surface area contributed by atoms with Gasteiger partial charge in [-0.15, -0.1) is 0 Å². The van der Waals surface area contributed by atoms with Gasteiger partial charge in [-0.1, -0.05) is 32.1 Å². The van der Waals surface area contributed by atoms with E-state index in [-0.39, 0.29) is 0 Å². The molecule has 0 bridgehead atoms. The molecule has 2 aliphatic carbocycles. The zero-order chi connectivity index (χ0) is 12.5. The first kappa shape index (κ1) is 12.6. The maximum Gasteiger partial charge on any atom is 0.142 e. The Bertz CT molecular complexity index is 341. The summed E-state index contributed by atoms with van der Waals surface area (Å²) in [6.07, 6.45) is 11.1. The van der Waals surface area contributed by atoms with Crippen LogP contribution < -0.4 is 0 Å². The molecule has 0 heterocycles. The first-order chi connectivity index (χ1) is 8.09. The van der Waals surface area contributed by atoms with Crippen molar-refractivity contribution < 1.29 is 4.79 Å². The van der Waals surface area contributed by atoms with E-state index in [1.54, 1.807) is 6.08 Å². The van der Waals surface area contributed by atoms with Crippen LogP contribution in [0.2, 0.25) is 0 Å². The van der Waals surface area contributed by atoms with Gasteiger partial charge in [-0.05, 0) is 61.3 Å². The number of aldehydes is 1. The van der Waals surface area contributed by atoms with Crippen LogP contribution in [0.5, 0.6) is 0 Å². The van der Waals surface area contributed by atoms with Crippen LogP contribution in [0.3, 0.4) is 0 Å². The van der Waals surface area contributed by atoms with Crippen LogP contribution in [0, 0.1) is 23.2 Å². The van der Waals surface area contributed by atoms with Crippen molar-refractivity contribution in [2.24, 2.45) is 23.2 Å². The smallest absolute Gasteiger partial charge is 0.142 e. The Kier molecular flexibility index (Phi) is 3.56. The highest BCUT2D eigenvalue weighted by Crippen LogP contribution is 2.59. The van der Waals surface area contributed by atoms with Gasteiger partial charge in [0.1, 0.15) is 6.29 Å². The standard InChI is InChI=1S/C16H24O/c1-12-6-4-10-16(3)14(12)8-9-15(16)13(2)7-5-11-17/h5,7,11,13-15H,1,4,6,8-10H2,2-3H3/b7-5+/t13-,14+,15-,16+/m1/s1. The number of allylic oxidation sites excluding steroid dienone is 3. The average Bonchev–Trinajstić information content (AvgIpc) is 2.64. The fourth-order valence-corrected chi connectivity index (χ4v) is 4.38. The molecule has 94 valence electrons. The molecule has 0 radical (unpaired) electrons. The molecular weight excluding hydrogens is 208 g/mol. The number of fused-ring (bicyclic) bond motifs is 1. The van der Waals surface area contributed by atoms with Crippen LogP contribution in [-0.4, -0.2) is 6.29 Å². The zero-order valence-corrected chi connectivity index (χ0v) is 11.1. The van der Waals surface area contributed by atoms with E-state index in [1.807, 2.05) is 0 Å². The summed E-state index contributed by atoms with van der Waals surface area (Å²) in [5.41, 5.74) is 1.91. The molecule has 0 amide bonds. The van der Waals surface area contributed by atoms with Gasteiger partial charge >= 0.3 is 0 Å². The quantitative estimate of drug-likeness (QED) is 0.406. The number of hydrogen-bond donors (Lipinski definition) is 0. The second kappa shape index (κ2) is 4.80. The minimum Gasteiger partial charge on any atom is -0.299 e. The number of rotatable bonds is 3. The van der Waals surface area contributed by atoms with Gasteiger partial charge in [0.15, 0.2) is 0 Å². The minimum absolute atomic E-state index is 0.433. The normalized spacial score (nSPS) is 39.3. The zero-order valence-electron chi connectivity index (χ0n) is 11.1. The molecule has 17 heavy (non-hydrogen) atoms. The summed E-state index contributed by atoms with van der Waals surface area (Å²) in [5.74, 6) is 1.97. The summed E-state index contributed by atoms with van der Waals surface area (Å²) in [5, 5.41) is 0. The van der Waals surface area contributed by atoms with Crippen LogP contribution in [0.25, 0.3) is 0 Å². The van der Waals surface area contributed by atoms with Gasteiger partial charge in [-0.2, -0.15) is 0 Å². The second-order valence-electron chi connectivity index (χ2n) is 6.13. The molecule has 1 heteroatoms. The molecule has 2 rings (SSSR count). The van der Waals surface area contributed by atoms with Gasteiger partial charge in [0.05, 0.1) is 0 Å². The average molecular weight is 232 g/mol. The van der Waals surface area contributed by atoms with Gasteiger partial charge in [0.2, 0.25) is 0 Å². The number of hydrogen-bond acceptors (Lipinski definition) is 1. The molecule has 0 saturated heterocycles. The van der Waals surface area contributed by atoms with E-state index in [2.05, 4.69) is 26.5 Å². The van der Waals surface area contributed by atoms with Gasteiger partial charge in [-0.3, -0.25) is 4.79 Å². The van der Waals surface area contributed by atoms with Crippen molar-refractivity contribution in [1.29, 1.82) is 0 Å². The van der Waals surface area contributed by atoms with Crippen LogP contribution >= 0.6 is 0 Å². The van der Waals surface area contributed by atoms with Gasteiger partial charge < -0.3 is 0 Å². The predicted molar refractivity (Wildman–Crippen MR) is 71.7 cm³/mol. The molecule has 2 fully saturated rings. The second-order valence-corrected chi connectivity index (χ2v) is 6.13. The Morgan fingerprint density at radius 3 is 2.94 bits per heavy atom.